The Morgan fingerprint density at radius 1 is 1.21 bits per heavy atom. The van der Waals surface area contributed by atoms with Gasteiger partial charge in [0.1, 0.15) is 4.33 Å². The van der Waals surface area contributed by atoms with Crippen LogP contribution in [0.3, 0.4) is 0 Å². The summed E-state index contributed by atoms with van der Waals surface area (Å²) in [6, 6.07) is 0. The molecule has 14 heavy (non-hydrogen) atoms. The molecule has 1 saturated heterocycles. The van der Waals surface area contributed by atoms with Crippen LogP contribution in [0.5, 0.6) is 0 Å². The standard InChI is InChI=1S/C8H10Cl4O2/c1-4-5(7(4,11)12)8(6(9)10)13-2-3-14-8/h4-6H,2-3H2,1H3. The molecule has 1 heterocycles. The van der Waals surface area contributed by atoms with E-state index in [9.17, 15) is 0 Å². The van der Waals surface area contributed by atoms with Crippen LogP contribution in [-0.4, -0.2) is 28.2 Å². The zero-order valence-corrected chi connectivity index (χ0v) is 10.5. The quantitative estimate of drug-likeness (QED) is 0.724. The van der Waals surface area contributed by atoms with Crippen LogP contribution in [0, 0.1) is 11.8 Å². The Balaban J connectivity index is 2.21. The normalized spacial score (nSPS) is 39.0. The zero-order valence-electron chi connectivity index (χ0n) is 7.47. The number of alkyl halides is 4. The average Bonchev–Trinajstić information content (AvgIpc) is 2.56. The van der Waals surface area contributed by atoms with Gasteiger partial charge in [-0.05, 0) is 0 Å². The maximum atomic E-state index is 6.06. The van der Waals surface area contributed by atoms with Gasteiger partial charge in [0.2, 0.25) is 5.79 Å². The molecule has 0 aromatic rings. The van der Waals surface area contributed by atoms with E-state index in [1.807, 2.05) is 6.92 Å². The zero-order chi connectivity index (χ0) is 10.6. The molecular weight excluding hydrogens is 270 g/mol. The SMILES string of the molecule is CC1C(C2(C(Cl)Cl)OCCO2)C1(Cl)Cl. The van der Waals surface area contributed by atoms with Crippen molar-refractivity contribution in [3.05, 3.63) is 0 Å². The van der Waals surface area contributed by atoms with Crippen molar-refractivity contribution >= 4 is 46.4 Å². The molecule has 2 fully saturated rings. The summed E-state index contributed by atoms with van der Waals surface area (Å²) in [6.45, 7) is 2.87. The van der Waals surface area contributed by atoms with Crippen molar-refractivity contribution in [2.75, 3.05) is 13.2 Å². The molecule has 1 aliphatic heterocycles. The Morgan fingerprint density at radius 2 is 1.64 bits per heavy atom. The highest BCUT2D eigenvalue weighted by molar-refractivity contribution is 6.51. The molecule has 2 rings (SSSR count). The van der Waals surface area contributed by atoms with Gasteiger partial charge in [-0.3, -0.25) is 0 Å². The van der Waals surface area contributed by atoms with Crippen molar-refractivity contribution in [1.29, 1.82) is 0 Å². The van der Waals surface area contributed by atoms with Gasteiger partial charge in [-0.15, -0.1) is 23.2 Å². The molecule has 2 atom stereocenters. The molecule has 82 valence electrons. The number of ether oxygens (including phenoxy) is 2. The number of rotatable bonds is 2. The maximum absolute atomic E-state index is 6.06. The van der Waals surface area contributed by atoms with Crippen LogP contribution in [-0.2, 0) is 9.47 Å². The first-order valence-electron chi connectivity index (χ1n) is 4.37. The predicted molar refractivity (Wildman–Crippen MR) is 57.2 cm³/mol. The molecule has 0 amide bonds. The Morgan fingerprint density at radius 3 is 1.93 bits per heavy atom. The lowest BCUT2D eigenvalue weighted by Gasteiger charge is -2.29. The molecule has 1 saturated carbocycles. The van der Waals surface area contributed by atoms with Gasteiger partial charge in [0.15, 0.2) is 4.84 Å². The minimum atomic E-state index is -1.02. The molecule has 0 bridgehead atoms. The molecule has 2 nitrogen and oxygen atoms in total. The molecule has 2 unspecified atom stereocenters. The lowest BCUT2D eigenvalue weighted by molar-refractivity contribution is -0.165. The molecule has 0 radical (unpaired) electrons. The summed E-state index contributed by atoms with van der Waals surface area (Å²) in [7, 11) is 0. The Kier molecular flexibility index (Phi) is 2.92. The fourth-order valence-electron chi connectivity index (χ4n) is 1.98. The summed E-state index contributed by atoms with van der Waals surface area (Å²) in [5.41, 5.74) is 0. The van der Waals surface area contributed by atoms with Crippen LogP contribution >= 0.6 is 46.4 Å². The minimum Gasteiger partial charge on any atom is -0.345 e. The monoisotopic (exact) mass is 278 g/mol. The smallest absolute Gasteiger partial charge is 0.205 e. The molecule has 2 aliphatic rings. The van der Waals surface area contributed by atoms with E-state index in [-0.39, 0.29) is 11.8 Å². The van der Waals surface area contributed by atoms with Crippen molar-refractivity contribution in [3.63, 3.8) is 0 Å². The molecule has 6 heteroatoms. The van der Waals surface area contributed by atoms with Gasteiger partial charge in [0.05, 0.1) is 19.1 Å². The summed E-state index contributed by atoms with van der Waals surface area (Å²) in [5.74, 6) is -1.11. The van der Waals surface area contributed by atoms with Crippen molar-refractivity contribution in [1.82, 2.24) is 0 Å². The van der Waals surface area contributed by atoms with E-state index in [1.54, 1.807) is 0 Å². The van der Waals surface area contributed by atoms with Crippen molar-refractivity contribution < 1.29 is 9.47 Å². The minimum absolute atomic E-state index is 0.0731. The Bertz CT molecular complexity index is 237. The third-order valence-electron chi connectivity index (χ3n) is 2.89. The van der Waals surface area contributed by atoms with E-state index in [4.69, 9.17) is 55.9 Å². The highest BCUT2D eigenvalue weighted by Gasteiger charge is 2.73. The van der Waals surface area contributed by atoms with Gasteiger partial charge >= 0.3 is 0 Å². The Labute approximate surface area is 103 Å². The van der Waals surface area contributed by atoms with Crippen molar-refractivity contribution in [2.45, 2.75) is 21.9 Å². The number of halogens is 4. The third-order valence-corrected chi connectivity index (χ3v) is 4.66. The van der Waals surface area contributed by atoms with E-state index in [2.05, 4.69) is 0 Å². The van der Waals surface area contributed by atoms with E-state index in [0.717, 1.165) is 0 Å². The third kappa shape index (κ3) is 1.47. The molecular formula is C8H10Cl4O2. The topological polar surface area (TPSA) is 18.5 Å². The summed E-state index contributed by atoms with van der Waals surface area (Å²) in [4.78, 5) is -0.781. The van der Waals surface area contributed by atoms with Crippen molar-refractivity contribution in [3.8, 4) is 0 Å². The largest absolute Gasteiger partial charge is 0.345 e. The molecule has 1 aliphatic carbocycles. The predicted octanol–water partition coefficient (Wildman–Crippen LogP) is 2.97. The lowest BCUT2D eigenvalue weighted by atomic mass is 10.1. The second-order valence-corrected chi connectivity index (χ2v) is 6.20. The van der Waals surface area contributed by atoms with Gasteiger partial charge < -0.3 is 9.47 Å². The first-order chi connectivity index (χ1) is 6.43. The van der Waals surface area contributed by atoms with Gasteiger partial charge in [-0.1, -0.05) is 30.1 Å². The Hall–Kier alpha value is 1.08. The van der Waals surface area contributed by atoms with Crippen LogP contribution in [0.15, 0.2) is 0 Å². The maximum Gasteiger partial charge on any atom is 0.205 e. The summed E-state index contributed by atoms with van der Waals surface area (Å²) in [5, 5.41) is 0. The van der Waals surface area contributed by atoms with Crippen LogP contribution < -0.4 is 0 Å². The lowest BCUT2D eigenvalue weighted by Crippen LogP contribution is -2.42. The van der Waals surface area contributed by atoms with E-state index in [1.165, 1.54) is 0 Å². The van der Waals surface area contributed by atoms with Crippen LogP contribution in [0.4, 0.5) is 0 Å². The van der Waals surface area contributed by atoms with E-state index < -0.39 is 15.0 Å². The van der Waals surface area contributed by atoms with E-state index in [0.29, 0.717) is 13.2 Å². The van der Waals surface area contributed by atoms with Crippen LogP contribution in [0.2, 0.25) is 0 Å². The molecule has 0 aromatic heterocycles. The fraction of sp³-hybridized carbons (Fsp3) is 1.00. The molecule has 0 aromatic carbocycles. The first kappa shape index (κ1) is 11.6. The summed E-state index contributed by atoms with van der Waals surface area (Å²) >= 11 is 23.9. The number of hydrogen-bond donors (Lipinski definition) is 0. The van der Waals surface area contributed by atoms with E-state index >= 15 is 0 Å². The average molecular weight is 280 g/mol. The molecule has 0 N–H and O–H groups in total. The number of hydrogen-bond acceptors (Lipinski definition) is 2. The second kappa shape index (κ2) is 3.54. The van der Waals surface area contributed by atoms with Crippen LogP contribution in [0.25, 0.3) is 0 Å². The van der Waals surface area contributed by atoms with Gasteiger partial charge in [0.25, 0.3) is 0 Å². The fourth-order valence-corrected chi connectivity index (χ4v) is 3.31. The second-order valence-electron chi connectivity index (χ2n) is 3.66. The van der Waals surface area contributed by atoms with Gasteiger partial charge in [0, 0.05) is 5.92 Å². The van der Waals surface area contributed by atoms with Gasteiger partial charge in [-0.25, -0.2) is 0 Å². The summed E-state index contributed by atoms with van der Waals surface area (Å²) < 4.78 is 10.1. The first-order valence-corrected chi connectivity index (χ1v) is 5.99. The highest BCUT2D eigenvalue weighted by atomic mass is 35.5. The highest BCUT2D eigenvalue weighted by Crippen LogP contribution is 2.66. The van der Waals surface area contributed by atoms with Crippen LogP contribution in [0.1, 0.15) is 6.92 Å². The molecule has 0 spiro atoms. The van der Waals surface area contributed by atoms with Gasteiger partial charge in [-0.2, -0.15) is 0 Å². The van der Waals surface area contributed by atoms with Crippen molar-refractivity contribution in [2.24, 2.45) is 11.8 Å². The summed E-state index contributed by atoms with van der Waals surface area (Å²) in [6.07, 6.45) is 0.